The molecule has 2 aromatic rings. The van der Waals surface area contributed by atoms with Crippen LogP contribution < -0.4 is 5.56 Å². The zero-order valence-corrected chi connectivity index (χ0v) is 12.8. The highest BCUT2D eigenvalue weighted by molar-refractivity contribution is 7.20. The third-order valence-corrected chi connectivity index (χ3v) is 5.16. The highest BCUT2D eigenvalue weighted by Gasteiger charge is 2.25. The third-order valence-electron chi connectivity index (χ3n) is 3.62. The molecule has 1 saturated heterocycles. The number of thiophene rings is 1. The van der Waals surface area contributed by atoms with Crippen LogP contribution >= 0.6 is 22.9 Å². The molecule has 0 spiro atoms. The minimum atomic E-state index is -1.04. The number of carboxylic acids is 1. The van der Waals surface area contributed by atoms with E-state index in [1.807, 2.05) is 4.57 Å². The van der Waals surface area contributed by atoms with Crippen LogP contribution in [-0.4, -0.2) is 33.3 Å². The fourth-order valence-corrected chi connectivity index (χ4v) is 3.79. The first-order valence-corrected chi connectivity index (χ1v) is 7.81. The second-order valence-corrected chi connectivity index (χ2v) is 6.17. The summed E-state index contributed by atoms with van der Waals surface area (Å²) in [6.45, 7) is 2.89. The van der Waals surface area contributed by atoms with Crippen LogP contribution in [0.1, 0.15) is 27.5 Å². The highest BCUT2D eigenvalue weighted by atomic mass is 35.5. The van der Waals surface area contributed by atoms with Crippen molar-refractivity contribution in [3.8, 4) is 0 Å². The van der Waals surface area contributed by atoms with Crippen LogP contribution in [0, 0.1) is 6.92 Å². The van der Waals surface area contributed by atoms with Gasteiger partial charge >= 0.3 is 5.97 Å². The molecule has 0 aromatic carbocycles. The summed E-state index contributed by atoms with van der Waals surface area (Å²) in [4.78, 5) is 28.2. The van der Waals surface area contributed by atoms with Gasteiger partial charge in [0.15, 0.2) is 0 Å². The molecule has 2 aromatic heterocycles. The van der Waals surface area contributed by atoms with E-state index >= 15 is 0 Å². The highest BCUT2D eigenvalue weighted by Crippen LogP contribution is 2.30. The number of ether oxygens (including phenoxy) is 1. The van der Waals surface area contributed by atoms with Crippen LogP contribution in [-0.2, 0) is 17.2 Å². The molecule has 1 unspecified atom stereocenters. The second-order valence-electron chi connectivity index (χ2n) is 4.90. The van der Waals surface area contributed by atoms with Gasteiger partial charge in [0.25, 0.3) is 5.56 Å². The maximum absolute atomic E-state index is 12.1. The molecule has 21 heavy (non-hydrogen) atoms. The summed E-state index contributed by atoms with van der Waals surface area (Å²) in [7, 11) is 0. The number of aryl methyl sites for hydroxylation is 1. The van der Waals surface area contributed by atoms with Crippen molar-refractivity contribution in [3.05, 3.63) is 26.6 Å². The van der Waals surface area contributed by atoms with Crippen molar-refractivity contribution in [2.75, 3.05) is 6.61 Å². The molecule has 0 aliphatic carbocycles. The standard InChI is InChI=1S/C13H13ClN2O4S/c1-6-9-11(17)15-8(4-14)16(5-7-2-3-20-7)12(9)21-10(6)13(18)19/h7H,2-5H2,1H3,(H,18,19). The Kier molecular flexibility index (Phi) is 3.73. The van der Waals surface area contributed by atoms with Crippen LogP contribution in [0.25, 0.3) is 10.2 Å². The van der Waals surface area contributed by atoms with Gasteiger partial charge in [-0.15, -0.1) is 22.9 Å². The fourth-order valence-electron chi connectivity index (χ4n) is 2.42. The number of carboxylic acid groups (broad SMARTS) is 1. The molecule has 0 saturated carbocycles. The average molecular weight is 329 g/mol. The van der Waals surface area contributed by atoms with Gasteiger partial charge in [0.05, 0.1) is 23.9 Å². The summed E-state index contributed by atoms with van der Waals surface area (Å²) in [5, 5.41) is 9.61. The smallest absolute Gasteiger partial charge is 0.346 e. The van der Waals surface area contributed by atoms with Crippen LogP contribution in [0.5, 0.6) is 0 Å². The molecule has 3 rings (SSSR count). The van der Waals surface area contributed by atoms with Gasteiger partial charge in [-0.1, -0.05) is 0 Å². The van der Waals surface area contributed by atoms with Gasteiger partial charge in [0.1, 0.15) is 15.5 Å². The van der Waals surface area contributed by atoms with E-state index in [-0.39, 0.29) is 16.9 Å². The number of rotatable bonds is 4. The summed E-state index contributed by atoms with van der Waals surface area (Å²) >= 11 is 6.97. The number of nitrogens with zero attached hydrogens (tertiary/aromatic N) is 2. The summed E-state index contributed by atoms with van der Waals surface area (Å²) in [5.41, 5.74) is 0.0390. The Morgan fingerprint density at radius 2 is 2.33 bits per heavy atom. The number of hydrogen-bond acceptors (Lipinski definition) is 5. The van der Waals surface area contributed by atoms with Crippen LogP contribution in [0.15, 0.2) is 4.79 Å². The Labute approximate surface area is 128 Å². The topological polar surface area (TPSA) is 81.4 Å². The largest absolute Gasteiger partial charge is 0.477 e. The number of carbonyl (C=O) groups is 1. The number of fused-ring (bicyclic) bond motifs is 1. The van der Waals surface area contributed by atoms with Gasteiger partial charge in [0, 0.05) is 6.61 Å². The van der Waals surface area contributed by atoms with Crippen LogP contribution in [0.4, 0.5) is 0 Å². The number of halogens is 1. The number of aromatic nitrogens is 2. The molecule has 112 valence electrons. The van der Waals surface area contributed by atoms with Crippen LogP contribution in [0.2, 0.25) is 0 Å². The lowest BCUT2D eigenvalue weighted by Gasteiger charge is -2.28. The first kappa shape index (κ1) is 14.5. The van der Waals surface area contributed by atoms with Crippen molar-refractivity contribution in [1.82, 2.24) is 9.55 Å². The fraction of sp³-hybridized carbons (Fsp3) is 0.462. The molecular formula is C13H13ClN2O4S. The van der Waals surface area contributed by atoms with E-state index in [4.69, 9.17) is 16.3 Å². The Hall–Kier alpha value is -1.44. The third kappa shape index (κ3) is 2.35. The molecule has 1 atom stereocenters. The molecule has 0 bridgehead atoms. The minimum Gasteiger partial charge on any atom is -0.477 e. The van der Waals surface area contributed by atoms with Crippen molar-refractivity contribution in [3.63, 3.8) is 0 Å². The summed E-state index contributed by atoms with van der Waals surface area (Å²) < 4.78 is 7.23. The Morgan fingerprint density at radius 1 is 1.62 bits per heavy atom. The lowest BCUT2D eigenvalue weighted by atomic mass is 10.2. The van der Waals surface area contributed by atoms with Crippen molar-refractivity contribution in [2.45, 2.75) is 31.9 Å². The molecule has 8 heteroatoms. The van der Waals surface area contributed by atoms with Crippen molar-refractivity contribution >= 4 is 39.1 Å². The van der Waals surface area contributed by atoms with E-state index in [9.17, 15) is 14.7 Å². The minimum absolute atomic E-state index is 0.0650. The molecule has 1 fully saturated rings. The second kappa shape index (κ2) is 5.40. The SMILES string of the molecule is Cc1c(C(=O)O)sc2c1c(=O)nc(CCl)n2CC1CCO1. The van der Waals surface area contributed by atoms with E-state index in [2.05, 4.69) is 4.98 Å². The maximum atomic E-state index is 12.1. The zero-order chi connectivity index (χ0) is 15.1. The molecule has 6 nitrogen and oxygen atoms in total. The van der Waals surface area contributed by atoms with E-state index in [1.165, 1.54) is 0 Å². The monoisotopic (exact) mass is 328 g/mol. The summed E-state index contributed by atoms with van der Waals surface area (Å²) in [5.74, 6) is -0.494. The van der Waals surface area contributed by atoms with Gasteiger partial charge in [-0.25, -0.2) is 4.79 Å². The molecule has 1 N–H and O–H groups in total. The lowest BCUT2D eigenvalue weighted by molar-refractivity contribution is -0.0590. The quantitative estimate of drug-likeness (QED) is 0.868. The number of hydrogen-bond donors (Lipinski definition) is 1. The molecule has 3 heterocycles. The molecule has 0 amide bonds. The summed E-state index contributed by atoms with van der Waals surface area (Å²) in [6.07, 6.45) is 1.00. The van der Waals surface area contributed by atoms with Gasteiger partial charge in [-0.2, -0.15) is 4.98 Å². The predicted molar refractivity (Wildman–Crippen MR) is 79.5 cm³/mol. The summed E-state index contributed by atoms with van der Waals surface area (Å²) in [6, 6.07) is 0. The zero-order valence-electron chi connectivity index (χ0n) is 11.3. The predicted octanol–water partition coefficient (Wildman–Crippen LogP) is 1.99. The van der Waals surface area contributed by atoms with Crippen molar-refractivity contribution in [2.24, 2.45) is 0 Å². The van der Waals surface area contributed by atoms with E-state index in [0.29, 0.717) is 28.1 Å². The van der Waals surface area contributed by atoms with Crippen LogP contribution in [0.3, 0.4) is 0 Å². The van der Waals surface area contributed by atoms with Crippen molar-refractivity contribution < 1.29 is 14.6 Å². The molecule has 1 aliphatic rings. The van der Waals surface area contributed by atoms with E-state index in [0.717, 1.165) is 24.4 Å². The van der Waals surface area contributed by atoms with Crippen molar-refractivity contribution in [1.29, 1.82) is 0 Å². The normalized spacial score (nSPS) is 17.9. The Balaban J connectivity index is 2.26. The first-order chi connectivity index (χ1) is 10.0. The van der Waals surface area contributed by atoms with E-state index in [1.54, 1.807) is 6.92 Å². The number of alkyl halides is 1. The molecular weight excluding hydrogens is 316 g/mol. The lowest BCUT2D eigenvalue weighted by Crippen LogP contribution is -2.33. The molecule has 0 radical (unpaired) electrons. The van der Waals surface area contributed by atoms with Gasteiger partial charge < -0.3 is 14.4 Å². The Bertz CT molecular complexity index is 779. The van der Waals surface area contributed by atoms with E-state index < -0.39 is 11.5 Å². The maximum Gasteiger partial charge on any atom is 0.346 e. The molecule has 1 aliphatic heterocycles. The van der Waals surface area contributed by atoms with Gasteiger partial charge in [-0.3, -0.25) is 4.79 Å². The van der Waals surface area contributed by atoms with Gasteiger partial charge in [0.2, 0.25) is 0 Å². The average Bonchev–Trinajstić information content (AvgIpc) is 2.74. The Morgan fingerprint density at radius 3 is 2.86 bits per heavy atom. The first-order valence-electron chi connectivity index (χ1n) is 6.46. The number of aromatic carboxylic acids is 1. The van der Waals surface area contributed by atoms with Gasteiger partial charge in [-0.05, 0) is 18.9 Å².